The maximum atomic E-state index is 11.7. The minimum absolute atomic E-state index is 0.246. The van der Waals surface area contributed by atoms with Gasteiger partial charge in [-0.05, 0) is 5.56 Å². The number of aliphatic hydroxyl groups is 7. The lowest BCUT2D eigenvalue weighted by atomic mass is 9.98. The van der Waals surface area contributed by atoms with Gasteiger partial charge in [0.15, 0.2) is 18.7 Å². The monoisotopic (exact) mass is 476 g/mol. The van der Waals surface area contributed by atoms with E-state index >= 15 is 0 Å². The first-order valence-electron chi connectivity index (χ1n) is 10.2. The highest BCUT2D eigenvalue weighted by molar-refractivity contribution is 5.74. The standard InChI is InChI=1S/C20H28O13/c21-6-9-11(22)13(24)15(26)19(31-9)30-7-10-12(23)14(25)16(27)20(32-10)33-17(18(28)29)8-4-2-1-3-5-8/h1-5,9-17,19-27H,6-7H2,(H,28,29)/t9-,10-,11-,12-,13+,14+,15-,16-,17+,19-,20+/m1/s1. The van der Waals surface area contributed by atoms with Crippen molar-refractivity contribution >= 4 is 5.97 Å². The van der Waals surface area contributed by atoms with E-state index in [1.165, 1.54) is 12.1 Å². The Labute approximate surface area is 187 Å². The van der Waals surface area contributed by atoms with Crippen LogP contribution < -0.4 is 0 Å². The Morgan fingerprint density at radius 3 is 1.94 bits per heavy atom. The van der Waals surface area contributed by atoms with Crippen LogP contribution in [0.25, 0.3) is 0 Å². The van der Waals surface area contributed by atoms with Crippen LogP contribution in [0.1, 0.15) is 11.7 Å². The zero-order valence-electron chi connectivity index (χ0n) is 17.3. The zero-order chi connectivity index (χ0) is 24.3. The summed E-state index contributed by atoms with van der Waals surface area (Å²) >= 11 is 0. The fraction of sp³-hybridized carbons (Fsp3) is 0.650. The van der Waals surface area contributed by atoms with E-state index in [0.29, 0.717) is 0 Å². The number of hydrogen-bond donors (Lipinski definition) is 8. The van der Waals surface area contributed by atoms with E-state index in [0.717, 1.165) is 0 Å². The van der Waals surface area contributed by atoms with E-state index < -0.39 is 86.7 Å². The molecule has 0 unspecified atom stereocenters. The van der Waals surface area contributed by atoms with Crippen LogP contribution in [0.15, 0.2) is 30.3 Å². The van der Waals surface area contributed by atoms with Gasteiger partial charge in [0.05, 0.1) is 13.2 Å². The summed E-state index contributed by atoms with van der Waals surface area (Å²) in [6.07, 6.45) is -17.6. The van der Waals surface area contributed by atoms with Crippen LogP contribution in [-0.4, -0.2) is 121 Å². The van der Waals surface area contributed by atoms with E-state index in [4.69, 9.17) is 18.9 Å². The number of carboxylic acids is 1. The van der Waals surface area contributed by atoms with Gasteiger partial charge in [-0.25, -0.2) is 4.79 Å². The minimum Gasteiger partial charge on any atom is -0.479 e. The molecule has 1 aromatic carbocycles. The van der Waals surface area contributed by atoms with E-state index in [1.807, 2.05) is 0 Å². The molecule has 13 nitrogen and oxygen atoms in total. The maximum absolute atomic E-state index is 11.7. The second kappa shape index (κ2) is 11.1. The molecule has 0 aliphatic carbocycles. The fourth-order valence-corrected chi connectivity index (χ4v) is 3.60. The number of benzene rings is 1. The van der Waals surface area contributed by atoms with Crippen LogP contribution in [-0.2, 0) is 23.7 Å². The van der Waals surface area contributed by atoms with Crippen molar-refractivity contribution in [2.75, 3.05) is 13.2 Å². The Kier molecular flexibility index (Phi) is 8.71. The molecule has 2 aliphatic rings. The maximum Gasteiger partial charge on any atom is 0.337 e. The Morgan fingerprint density at radius 1 is 0.818 bits per heavy atom. The number of ether oxygens (including phenoxy) is 4. The molecule has 13 heteroatoms. The number of carboxylic acid groups (broad SMARTS) is 1. The number of rotatable bonds is 8. The smallest absolute Gasteiger partial charge is 0.337 e. The molecule has 0 bridgehead atoms. The third-order valence-corrected chi connectivity index (χ3v) is 5.54. The number of hydrogen-bond acceptors (Lipinski definition) is 12. The molecule has 0 aromatic heterocycles. The van der Waals surface area contributed by atoms with Gasteiger partial charge >= 0.3 is 5.97 Å². The van der Waals surface area contributed by atoms with Crippen molar-refractivity contribution < 1.29 is 64.6 Å². The highest BCUT2D eigenvalue weighted by atomic mass is 16.7. The summed E-state index contributed by atoms with van der Waals surface area (Å²) in [5.41, 5.74) is 0.246. The quantitative estimate of drug-likeness (QED) is 0.183. The molecule has 186 valence electrons. The van der Waals surface area contributed by atoms with E-state index in [1.54, 1.807) is 18.2 Å². The van der Waals surface area contributed by atoms with Gasteiger partial charge in [-0.3, -0.25) is 0 Å². The van der Waals surface area contributed by atoms with Crippen LogP contribution in [0.4, 0.5) is 0 Å². The summed E-state index contributed by atoms with van der Waals surface area (Å²) in [5, 5.41) is 79.2. The fourth-order valence-electron chi connectivity index (χ4n) is 3.60. The van der Waals surface area contributed by atoms with Gasteiger partial charge in [0.2, 0.25) is 0 Å². The molecule has 3 rings (SSSR count). The Hall–Kier alpha value is -1.75. The number of aliphatic carboxylic acids is 1. The highest BCUT2D eigenvalue weighted by Gasteiger charge is 2.48. The van der Waals surface area contributed by atoms with Gasteiger partial charge in [0, 0.05) is 0 Å². The van der Waals surface area contributed by atoms with E-state index in [2.05, 4.69) is 0 Å². The third-order valence-electron chi connectivity index (χ3n) is 5.54. The molecule has 11 atom stereocenters. The van der Waals surface area contributed by atoms with Crippen LogP contribution in [0.5, 0.6) is 0 Å². The third kappa shape index (κ3) is 5.67. The lowest BCUT2D eigenvalue weighted by molar-refractivity contribution is -0.335. The Morgan fingerprint density at radius 2 is 1.36 bits per heavy atom. The summed E-state index contributed by atoms with van der Waals surface area (Å²) in [5.74, 6) is -1.38. The van der Waals surface area contributed by atoms with Crippen molar-refractivity contribution in [2.45, 2.75) is 67.5 Å². The Bertz CT molecular complexity index is 762. The lowest BCUT2D eigenvalue weighted by Gasteiger charge is -2.43. The first kappa shape index (κ1) is 25.9. The summed E-state index contributed by atoms with van der Waals surface area (Å²) in [4.78, 5) is 11.7. The zero-order valence-corrected chi connectivity index (χ0v) is 17.3. The predicted molar refractivity (Wildman–Crippen MR) is 104 cm³/mol. The molecule has 1 aromatic rings. The van der Waals surface area contributed by atoms with Crippen LogP contribution in [0.3, 0.4) is 0 Å². The molecule has 33 heavy (non-hydrogen) atoms. The van der Waals surface area contributed by atoms with Crippen LogP contribution in [0.2, 0.25) is 0 Å². The molecule has 2 fully saturated rings. The van der Waals surface area contributed by atoms with Crippen molar-refractivity contribution in [1.29, 1.82) is 0 Å². The topological polar surface area (TPSA) is 216 Å². The first-order chi connectivity index (χ1) is 15.6. The number of carbonyl (C=O) groups is 1. The normalized spacial score (nSPS) is 40.3. The molecule has 0 radical (unpaired) electrons. The summed E-state index contributed by atoms with van der Waals surface area (Å²) in [6, 6.07) is 7.81. The largest absolute Gasteiger partial charge is 0.479 e. The van der Waals surface area contributed by atoms with Crippen LogP contribution in [0, 0.1) is 0 Å². The molecule has 2 aliphatic heterocycles. The van der Waals surface area contributed by atoms with Crippen molar-refractivity contribution in [2.24, 2.45) is 0 Å². The first-order valence-corrected chi connectivity index (χ1v) is 10.2. The predicted octanol–water partition coefficient (Wildman–Crippen LogP) is -3.55. The molecule has 0 amide bonds. The molecule has 2 heterocycles. The van der Waals surface area contributed by atoms with Gasteiger partial charge in [-0.1, -0.05) is 30.3 Å². The van der Waals surface area contributed by atoms with Gasteiger partial charge in [-0.15, -0.1) is 0 Å². The van der Waals surface area contributed by atoms with E-state index in [9.17, 15) is 45.6 Å². The van der Waals surface area contributed by atoms with Crippen molar-refractivity contribution in [3.8, 4) is 0 Å². The van der Waals surface area contributed by atoms with Crippen molar-refractivity contribution in [1.82, 2.24) is 0 Å². The second-order valence-corrected chi connectivity index (χ2v) is 7.81. The Balaban J connectivity index is 1.68. The highest BCUT2D eigenvalue weighted by Crippen LogP contribution is 2.29. The van der Waals surface area contributed by atoms with Gasteiger partial charge in [0.1, 0.15) is 48.8 Å². The van der Waals surface area contributed by atoms with E-state index in [-0.39, 0.29) is 5.56 Å². The average Bonchev–Trinajstić information content (AvgIpc) is 2.81. The van der Waals surface area contributed by atoms with Crippen molar-refractivity contribution in [3.05, 3.63) is 35.9 Å². The lowest BCUT2D eigenvalue weighted by Crippen LogP contribution is -2.61. The molecular formula is C20H28O13. The number of aliphatic hydroxyl groups excluding tert-OH is 7. The van der Waals surface area contributed by atoms with Crippen molar-refractivity contribution in [3.63, 3.8) is 0 Å². The molecule has 0 spiro atoms. The van der Waals surface area contributed by atoms with Gasteiger partial charge in [0.25, 0.3) is 0 Å². The SMILES string of the molecule is O=C(O)[C@@H](O[C@@H]1O[C@H](CO[C@@H]2O[C@H](CO)[C@@H](O)[C@H](O)[C@H]2O)[C@@H](O)[C@H](O)[C@H]1O)c1ccccc1. The van der Waals surface area contributed by atoms with Crippen LogP contribution >= 0.6 is 0 Å². The van der Waals surface area contributed by atoms with Gasteiger partial charge < -0.3 is 59.8 Å². The molecule has 8 N–H and O–H groups in total. The molecule has 2 saturated heterocycles. The summed E-state index contributed by atoms with van der Waals surface area (Å²) in [7, 11) is 0. The average molecular weight is 476 g/mol. The molecule has 0 saturated carbocycles. The summed E-state index contributed by atoms with van der Waals surface area (Å²) < 4.78 is 21.4. The summed E-state index contributed by atoms with van der Waals surface area (Å²) in [6.45, 7) is -1.24. The molecular weight excluding hydrogens is 448 g/mol. The second-order valence-electron chi connectivity index (χ2n) is 7.81. The van der Waals surface area contributed by atoms with Gasteiger partial charge in [-0.2, -0.15) is 0 Å². The minimum atomic E-state index is -1.80.